The molecule has 0 heterocycles. The topological polar surface area (TPSA) is 89.8 Å². The summed E-state index contributed by atoms with van der Waals surface area (Å²) in [6.07, 6.45) is 61.3. The zero-order valence-corrected chi connectivity index (χ0v) is 40.2. The van der Waals surface area contributed by atoms with Crippen LogP contribution in [0.1, 0.15) is 303 Å². The van der Waals surface area contributed by atoms with Gasteiger partial charge in [-0.05, 0) is 19.3 Å². The molecule has 5 nitrogen and oxygen atoms in total. The van der Waals surface area contributed by atoms with Gasteiger partial charge >= 0.3 is 0 Å². The first-order chi connectivity index (χ1) is 29.0. The molecule has 0 fully saturated rings. The predicted octanol–water partition coefficient (Wildman–Crippen LogP) is 16.3. The minimum absolute atomic E-state index is 0.0189. The lowest BCUT2D eigenvalue weighted by Crippen LogP contribution is -2.45. The summed E-state index contributed by atoms with van der Waals surface area (Å²) in [7, 11) is 0. The molecule has 1 amide bonds. The van der Waals surface area contributed by atoms with E-state index in [1.54, 1.807) is 6.08 Å². The standard InChI is InChI=1S/C54H107NO4/c1-3-5-7-9-11-13-15-16-17-18-19-20-21-22-23-24-25-26-27-28-29-30-31-32-33-34-35-36-38-39-41-43-45-47-51(57)49-54(59)55-52(50-56)53(58)48-46-44-42-40-37-14-12-10-8-6-4-2/h46,48,51-53,56-58H,3-45,47,49-50H2,1-2H3,(H,55,59)/b48-46+. The molecule has 0 radical (unpaired) electrons. The van der Waals surface area contributed by atoms with E-state index in [0.717, 1.165) is 25.7 Å². The first kappa shape index (κ1) is 58.1. The molecule has 5 heteroatoms. The van der Waals surface area contributed by atoms with Crippen molar-refractivity contribution in [3.63, 3.8) is 0 Å². The molecule has 0 saturated carbocycles. The van der Waals surface area contributed by atoms with Crippen LogP contribution in [0.4, 0.5) is 0 Å². The second kappa shape index (κ2) is 49.7. The maximum Gasteiger partial charge on any atom is 0.222 e. The summed E-state index contributed by atoms with van der Waals surface area (Å²) in [4.78, 5) is 12.4. The van der Waals surface area contributed by atoms with Gasteiger partial charge in [0.05, 0.1) is 31.3 Å². The van der Waals surface area contributed by atoms with Gasteiger partial charge in [0.1, 0.15) is 0 Å². The smallest absolute Gasteiger partial charge is 0.222 e. The van der Waals surface area contributed by atoms with Gasteiger partial charge in [-0.15, -0.1) is 0 Å². The molecule has 0 saturated heterocycles. The van der Waals surface area contributed by atoms with Crippen molar-refractivity contribution in [1.29, 1.82) is 0 Å². The number of unbranched alkanes of at least 4 members (excludes halogenated alkanes) is 41. The Kier molecular flexibility index (Phi) is 49.0. The van der Waals surface area contributed by atoms with Gasteiger partial charge in [0.2, 0.25) is 5.91 Å². The van der Waals surface area contributed by atoms with Crippen molar-refractivity contribution < 1.29 is 20.1 Å². The molecule has 0 aliphatic heterocycles. The van der Waals surface area contributed by atoms with Crippen molar-refractivity contribution in [2.24, 2.45) is 0 Å². The molecule has 0 aliphatic rings. The van der Waals surface area contributed by atoms with Crippen LogP contribution >= 0.6 is 0 Å². The number of rotatable bonds is 50. The Hall–Kier alpha value is -0.910. The Labute approximate surface area is 369 Å². The van der Waals surface area contributed by atoms with Gasteiger partial charge in [-0.25, -0.2) is 0 Å². The van der Waals surface area contributed by atoms with Crippen LogP contribution in [0, 0.1) is 0 Å². The highest BCUT2D eigenvalue weighted by molar-refractivity contribution is 5.76. The van der Waals surface area contributed by atoms with E-state index in [-0.39, 0.29) is 18.9 Å². The van der Waals surface area contributed by atoms with Crippen molar-refractivity contribution in [2.75, 3.05) is 6.61 Å². The Morgan fingerprint density at radius 2 is 0.695 bits per heavy atom. The fraction of sp³-hybridized carbons (Fsp3) is 0.944. The molecule has 59 heavy (non-hydrogen) atoms. The molecule has 0 bridgehead atoms. The highest BCUT2D eigenvalue weighted by Gasteiger charge is 2.20. The molecule has 0 aliphatic carbocycles. The van der Waals surface area contributed by atoms with E-state index < -0.39 is 18.2 Å². The van der Waals surface area contributed by atoms with Gasteiger partial charge in [-0.1, -0.05) is 289 Å². The minimum Gasteiger partial charge on any atom is -0.394 e. The Bertz CT molecular complexity index is 833. The van der Waals surface area contributed by atoms with Gasteiger partial charge in [-0.3, -0.25) is 4.79 Å². The summed E-state index contributed by atoms with van der Waals surface area (Å²) in [5.74, 6) is -0.311. The summed E-state index contributed by atoms with van der Waals surface area (Å²) in [6, 6.07) is -0.739. The summed E-state index contributed by atoms with van der Waals surface area (Å²) in [5.41, 5.74) is 0. The molecule has 0 aromatic heterocycles. The molecule has 352 valence electrons. The molecular formula is C54H107NO4. The van der Waals surface area contributed by atoms with E-state index in [9.17, 15) is 20.1 Å². The highest BCUT2D eigenvalue weighted by Crippen LogP contribution is 2.18. The van der Waals surface area contributed by atoms with Crippen molar-refractivity contribution in [3.8, 4) is 0 Å². The third-order valence-electron chi connectivity index (χ3n) is 12.8. The minimum atomic E-state index is -0.924. The second-order valence-corrected chi connectivity index (χ2v) is 18.9. The van der Waals surface area contributed by atoms with Crippen LogP contribution in [0.5, 0.6) is 0 Å². The van der Waals surface area contributed by atoms with Crippen molar-refractivity contribution in [1.82, 2.24) is 5.32 Å². The zero-order valence-electron chi connectivity index (χ0n) is 40.2. The van der Waals surface area contributed by atoms with Crippen molar-refractivity contribution >= 4 is 5.91 Å². The van der Waals surface area contributed by atoms with Crippen LogP contribution in [-0.4, -0.2) is 46.1 Å². The summed E-state index contributed by atoms with van der Waals surface area (Å²) in [6.45, 7) is 4.22. The molecule has 0 spiro atoms. The molecule has 0 rings (SSSR count). The van der Waals surface area contributed by atoms with E-state index in [1.807, 2.05) is 6.08 Å². The van der Waals surface area contributed by atoms with E-state index in [2.05, 4.69) is 19.2 Å². The molecule has 0 aromatic carbocycles. The van der Waals surface area contributed by atoms with Crippen molar-refractivity contribution in [3.05, 3.63) is 12.2 Å². The number of amides is 1. The number of hydrogen-bond donors (Lipinski definition) is 4. The fourth-order valence-corrected chi connectivity index (χ4v) is 8.70. The number of carbonyl (C=O) groups excluding carboxylic acids is 1. The van der Waals surface area contributed by atoms with Crippen LogP contribution in [0.3, 0.4) is 0 Å². The van der Waals surface area contributed by atoms with Crippen LogP contribution in [0.25, 0.3) is 0 Å². The van der Waals surface area contributed by atoms with E-state index in [4.69, 9.17) is 0 Å². The second-order valence-electron chi connectivity index (χ2n) is 18.9. The normalized spacial score (nSPS) is 13.4. The third kappa shape index (κ3) is 46.4. The molecular weight excluding hydrogens is 727 g/mol. The lowest BCUT2D eigenvalue weighted by atomic mass is 10.0. The van der Waals surface area contributed by atoms with Crippen LogP contribution < -0.4 is 5.32 Å². The average Bonchev–Trinajstić information content (AvgIpc) is 3.23. The van der Waals surface area contributed by atoms with Crippen LogP contribution in [0.15, 0.2) is 12.2 Å². The molecule has 3 unspecified atom stereocenters. The molecule has 3 atom stereocenters. The van der Waals surface area contributed by atoms with E-state index >= 15 is 0 Å². The fourth-order valence-electron chi connectivity index (χ4n) is 8.70. The van der Waals surface area contributed by atoms with Gasteiger partial charge in [-0.2, -0.15) is 0 Å². The van der Waals surface area contributed by atoms with Gasteiger partial charge in [0.25, 0.3) is 0 Å². The van der Waals surface area contributed by atoms with Gasteiger partial charge < -0.3 is 20.6 Å². The first-order valence-corrected chi connectivity index (χ1v) is 27.0. The van der Waals surface area contributed by atoms with Crippen LogP contribution in [-0.2, 0) is 4.79 Å². The Balaban J connectivity index is 3.43. The Morgan fingerprint density at radius 3 is 0.983 bits per heavy atom. The average molecular weight is 834 g/mol. The lowest BCUT2D eigenvalue weighted by Gasteiger charge is -2.21. The monoisotopic (exact) mass is 834 g/mol. The highest BCUT2D eigenvalue weighted by atomic mass is 16.3. The Morgan fingerprint density at radius 1 is 0.424 bits per heavy atom. The molecule has 0 aromatic rings. The maximum absolute atomic E-state index is 12.4. The number of nitrogens with one attached hydrogen (secondary N) is 1. The number of allylic oxidation sites excluding steroid dienone is 1. The van der Waals surface area contributed by atoms with E-state index in [1.165, 1.54) is 250 Å². The largest absolute Gasteiger partial charge is 0.394 e. The summed E-state index contributed by atoms with van der Waals surface area (Å²) in [5, 5.41) is 33.2. The van der Waals surface area contributed by atoms with Gasteiger partial charge in [0, 0.05) is 0 Å². The van der Waals surface area contributed by atoms with Gasteiger partial charge in [0.15, 0.2) is 0 Å². The quantitative estimate of drug-likeness (QED) is 0.0363. The number of aliphatic hydroxyl groups excluding tert-OH is 3. The number of aliphatic hydroxyl groups is 3. The maximum atomic E-state index is 12.4. The zero-order chi connectivity index (χ0) is 43.0. The number of carbonyl (C=O) groups is 1. The summed E-state index contributed by atoms with van der Waals surface area (Å²) >= 11 is 0. The third-order valence-corrected chi connectivity index (χ3v) is 12.8. The van der Waals surface area contributed by atoms with Crippen LogP contribution in [0.2, 0.25) is 0 Å². The SMILES string of the molecule is CCCCCCCCCCC/C=C/C(O)C(CO)NC(=O)CC(O)CCCCCCCCCCCCCCCCCCCCCCCCCCCCCCCCCCC. The number of hydrogen-bond acceptors (Lipinski definition) is 4. The summed E-state index contributed by atoms with van der Waals surface area (Å²) < 4.78 is 0. The van der Waals surface area contributed by atoms with Crippen molar-refractivity contribution in [2.45, 2.75) is 321 Å². The first-order valence-electron chi connectivity index (χ1n) is 27.0. The molecule has 4 N–H and O–H groups in total. The lowest BCUT2D eigenvalue weighted by molar-refractivity contribution is -0.124. The van der Waals surface area contributed by atoms with E-state index in [0.29, 0.717) is 6.42 Å². The predicted molar refractivity (Wildman–Crippen MR) is 259 cm³/mol.